The van der Waals surface area contributed by atoms with Crippen LogP contribution in [-0.4, -0.2) is 102 Å². The van der Waals surface area contributed by atoms with Crippen molar-refractivity contribution in [1.82, 2.24) is 0 Å². The zero-order valence-corrected chi connectivity index (χ0v) is 43.5. The van der Waals surface area contributed by atoms with E-state index in [1.165, 1.54) is 0 Å². The standard InChI is InChI=1S/C60H72O12Si/c1-62-50-32-30-49(31-33-50)41-67-56-54(52(43-64-37-45-22-12-6-13-23-45)71-59(65-34-35-73(2,3)4)58(56)69-40-48-28-18-9-19-29-48)72-60-57(68-39-47-26-16-8-17-27-47)55(66-38-46-24-14-7-15-25-46)53(61)51(70-60)42-63-36-44-20-10-5-11-21-44/h5-33,51-61H,34-43H2,1-4H3/t51-,52-,53-,54+,55+,56+,57+,58-,59-,60+/m1/s1. The summed E-state index contributed by atoms with van der Waals surface area (Å²) in [6, 6.07) is 58.3. The van der Waals surface area contributed by atoms with Crippen molar-refractivity contribution in [3.05, 3.63) is 209 Å². The molecule has 2 aliphatic heterocycles. The maximum Gasteiger partial charge on any atom is 0.187 e. The summed E-state index contributed by atoms with van der Waals surface area (Å²) in [5.41, 5.74) is 5.72. The van der Waals surface area contributed by atoms with Crippen molar-refractivity contribution in [1.29, 1.82) is 0 Å². The van der Waals surface area contributed by atoms with Crippen LogP contribution < -0.4 is 4.74 Å². The van der Waals surface area contributed by atoms with Gasteiger partial charge in [0.1, 0.15) is 54.6 Å². The van der Waals surface area contributed by atoms with Gasteiger partial charge in [-0.15, -0.1) is 0 Å². The molecule has 2 fully saturated rings. The van der Waals surface area contributed by atoms with E-state index in [4.69, 9.17) is 52.1 Å². The Kier molecular flexibility index (Phi) is 20.8. The van der Waals surface area contributed by atoms with Crippen LogP contribution in [0, 0.1) is 0 Å². The molecule has 0 spiro atoms. The van der Waals surface area contributed by atoms with Gasteiger partial charge in [0.25, 0.3) is 0 Å². The molecule has 6 aromatic carbocycles. The molecule has 12 nitrogen and oxygen atoms in total. The number of aliphatic hydroxyl groups excluding tert-OH is 1. The third kappa shape index (κ3) is 16.7. The molecule has 388 valence electrons. The molecule has 0 amide bonds. The number of hydrogen-bond acceptors (Lipinski definition) is 12. The SMILES string of the molecule is COc1ccc(CO[C@H]2[C@@H](O[C@@H]3O[C@H](COCc4ccccc4)[C@@H](O)[C@H](OCc4ccccc4)[C@@H]3OCc3ccccc3)[C@@H](COCc3ccccc3)O[C@@H](OCC[Si](C)(C)C)[C@@H]2OCc2ccccc2)cc1. The second kappa shape index (κ2) is 28.0. The largest absolute Gasteiger partial charge is 0.497 e. The van der Waals surface area contributed by atoms with Crippen LogP contribution in [0.4, 0.5) is 0 Å². The summed E-state index contributed by atoms with van der Waals surface area (Å²) in [7, 11) is 0.106. The number of aliphatic hydroxyl groups is 1. The van der Waals surface area contributed by atoms with Crippen LogP contribution in [0.1, 0.15) is 33.4 Å². The van der Waals surface area contributed by atoms with E-state index in [2.05, 4.69) is 19.6 Å². The van der Waals surface area contributed by atoms with Gasteiger partial charge in [0, 0.05) is 14.7 Å². The lowest BCUT2D eigenvalue weighted by Gasteiger charge is -2.49. The highest BCUT2D eigenvalue weighted by atomic mass is 28.3. The number of hydrogen-bond donors (Lipinski definition) is 1. The summed E-state index contributed by atoms with van der Waals surface area (Å²) in [6.45, 7) is 9.00. The van der Waals surface area contributed by atoms with Gasteiger partial charge in [0.05, 0.1) is 60.0 Å². The Morgan fingerprint density at radius 2 is 0.795 bits per heavy atom. The van der Waals surface area contributed by atoms with Crippen molar-refractivity contribution in [2.45, 2.75) is 127 Å². The van der Waals surface area contributed by atoms with Crippen LogP contribution in [0.3, 0.4) is 0 Å². The van der Waals surface area contributed by atoms with Crippen LogP contribution in [0.2, 0.25) is 25.7 Å². The van der Waals surface area contributed by atoms with Crippen LogP contribution in [-0.2, 0) is 87.0 Å². The van der Waals surface area contributed by atoms with Crippen molar-refractivity contribution in [2.24, 2.45) is 0 Å². The first-order valence-electron chi connectivity index (χ1n) is 25.4. The maximum atomic E-state index is 12.4. The van der Waals surface area contributed by atoms with Gasteiger partial charge in [0.2, 0.25) is 0 Å². The van der Waals surface area contributed by atoms with Crippen LogP contribution in [0.5, 0.6) is 5.75 Å². The summed E-state index contributed by atoms with van der Waals surface area (Å²) in [5, 5.41) is 12.4. The highest BCUT2D eigenvalue weighted by Gasteiger charge is 2.54. The molecular weight excluding hydrogens is 941 g/mol. The molecule has 73 heavy (non-hydrogen) atoms. The summed E-state index contributed by atoms with van der Waals surface area (Å²) in [5.74, 6) is 0.733. The maximum absolute atomic E-state index is 12.4. The first kappa shape index (κ1) is 54.2. The zero-order valence-electron chi connectivity index (χ0n) is 42.5. The van der Waals surface area contributed by atoms with E-state index < -0.39 is 69.5 Å². The minimum atomic E-state index is -1.54. The summed E-state index contributed by atoms with van der Waals surface area (Å²) >= 11 is 0. The van der Waals surface area contributed by atoms with Crippen molar-refractivity contribution in [2.75, 3.05) is 26.9 Å². The van der Waals surface area contributed by atoms with E-state index >= 15 is 0 Å². The lowest BCUT2D eigenvalue weighted by molar-refractivity contribution is -0.375. The first-order chi connectivity index (χ1) is 35.7. The van der Waals surface area contributed by atoms with E-state index in [9.17, 15) is 5.11 Å². The Labute approximate surface area is 432 Å². The molecule has 2 aliphatic rings. The second-order valence-electron chi connectivity index (χ2n) is 19.8. The molecule has 2 saturated heterocycles. The quantitative estimate of drug-likeness (QED) is 0.0495. The molecule has 0 saturated carbocycles. The lowest BCUT2D eigenvalue weighted by Crippen LogP contribution is -2.66. The van der Waals surface area contributed by atoms with Crippen molar-refractivity contribution >= 4 is 8.07 Å². The minimum absolute atomic E-state index is 0.0323. The van der Waals surface area contributed by atoms with Crippen molar-refractivity contribution in [3.8, 4) is 5.75 Å². The van der Waals surface area contributed by atoms with Gasteiger partial charge in [-0.2, -0.15) is 0 Å². The normalized spacial score (nSPS) is 24.3. The van der Waals surface area contributed by atoms with E-state index in [1.807, 2.05) is 176 Å². The number of methoxy groups -OCH3 is 1. The molecule has 6 aromatic rings. The van der Waals surface area contributed by atoms with Gasteiger partial charge in [0.15, 0.2) is 12.6 Å². The Balaban J connectivity index is 1.18. The van der Waals surface area contributed by atoms with Crippen molar-refractivity contribution in [3.63, 3.8) is 0 Å². The average Bonchev–Trinajstić information content (AvgIpc) is 3.42. The molecule has 13 heteroatoms. The Bertz CT molecular complexity index is 2430. The molecule has 0 radical (unpaired) electrons. The molecule has 0 aromatic heterocycles. The predicted molar refractivity (Wildman–Crippen MR) is 281 cm³/mol. The van der Waals surface area contributed by atoms with E-state index in [0.29, 0.717) is 19.8 Å². The first-order valence-corrected chi connectivity index (χ1v) is 29.1. The highest BCUT2D eigenvalue weighted by molar-refractivity contribution is 6.76. The third-order valence-electron chi connectivity index (χ3n) is 12.9. The number of ether oxygens (including phenoxy) is 11. The molecule has 10 atom stereocenters. The van der Waals surface area contributed by atoms with Gasteiger partial charge >= 0.3 is 0 Å². The van der Waals surface area contributed by atoms with Crippen LogP contribution in [0.25, 0.3) is 0 Å². The Morgan fingerprint density at radius 3 is 1.25 bits per heavy atom. The summed E-state index contributed by atoms with van der Waals surface area (Å²) in [4.78, 5) is 0. The van der Waals surface area contributed by atoms with Crippen LogP contribution >= 0.6 is 0 Å². The molecule has 0 unspecified atom stereocenters. The van der Waals surface area contributed by atoms with Gasteiger partial charge < -0.3 is 57.2 Å². The molecule has 2 heterocycles. The molecule has 0 bridgehead atoms. The van der Waals surface area contributed by atoms with Crippen molar-refractivity contribution < 1.29 is 57.2 Å². The predicted octanol–water partition coefficient (Wildman–Crippen LogP) is 10.3. The van der Waals surface area contributed by atoms with E-state index in [-0.39, 0.29) is 39.6 Å². The average molecular weight is 1010 g/mol. The summed E-state index contributed by atoms with van der Waals surface area (Å²) in [6.07, 6.45) is -9.34. The van der Waals surface area contributed by atoms with E-state index in [0.717, 1.165) is 45.2 Å². The second-order valence-corrected chi connectivity index (χ2v) is 25.4. The smallest absolute Gasteiger partial charge is 0.187 e. The van der Waals surface area contributed by atoms with Gasteiger partial charge in [-0.1, -0.05) is 183 Å². The monoisotopic (exact) mass is 1010 g/mol. The molecule has 0 aliphatic carbocycles. The summed E-state index contributed by atoms with van der Waals surface area (Å²) < 4.78 is 74.3. The topological polar surface area (TPSA) is 122 Å². The number of rotatable bonds is 27. The van der Waals surface area contributed by atoms with Gasteiger partial charge in [-0.05, 0) is 51.6 Å². The molecule has 8 rings (SSSR count). The Hall–Kier alpha value is -5.10. The van der Waals surface area contributed by atoms with Crippen LogP contribution in [0.15, 0.2) is 176 Å². The molecular formula is C60H72O12Si. The van der Waals surface area contributed by atoms with Gasteiger partial charge in [-0.3, -0.25) is 0 Å². The van der Waals surface area contributed by atoms with Gasteiger partial charge in [-0.25, -0.2) is 0 Å². The third-order valence-corrected chi connectivity index (χ3v) is 14.6. The lowest BCUT2D eigenvalue weighted by atomic mass is 9.96. The van der Waals surface area contributed by atoms with E-state index in [1.54, 1.807) is 7.11 Å². The fraction of sp³-hybridized carbons (Fsp3) is 0.400. The fourth-order valence-electron chi connectivity index (χ4n) is 8.77. The number of benzene rings is 6. The highest BCUT2D eigenvalue weighted by Crippen LogP contribution is 2.36. The minimum Gasteiger partial charge on any atom is -0.497 e. The Morgan fingerprint density at radius 1 is 0.411 bits per heavy atom. The molecule has 1 N–H and O–H groups in total. The zero-order chi connectivity index (χ0) is 50.7. The fourth-order valence-corrected chi connectivity index (χ4v) is 9.50.